The first-order valence-electron chi connectivity index (χ1n) is 5.20. The Labute approximate surface area is 109 Å². The second-order valence-corrected chi connectivity index (χ2v) is 3.21. The van der Waals surface area contributed by atoms with Crippen molar-refractivity contribution in [1.82, 2.24) is 10.8 Å². The number of nitrogens with one attached hydrogen (secondary N) is 2. The fourth-order valence-electron chi connectivity index (χ4n) is 1.03. The van der Waals surface area contributed by atoms with Gasteiger partial charge < -0.3 is 9.57 Å². The van der Waals surface area contributed by atoms with E-state index in [1.54, 1.807) is 23.7 Å². The minimum atomic E-state index is -0.963. The first kappa shape index (κ1) is 14.2. The summed E-state index contributed by atoms with van der Waals surface area (Å²) in [6, 6.07) is 7.11. The van der Waals surface area contributed by atoms with Gasteiger partial charge in [-0.15, -0.1) is 0 Å². The Bertz CT molecular complexity index is 484. The van der Waals surface area contributed by atoms with Crippen molar-refractivity contribution in [2.75, 3.05) is 7.11 Å². The van der Waals surface area contributed by atoms with Crippen molar-refractivity contribution in [2.45, 2.75) is 0 Å². The predicted molar refractivity (Wildman–Crippen MR) is 64.7 cm³/mol. The summed E-state index contributed by atoms with van der Waals surface area (Å²) in [6.45, 7) is 0. The molecule has 0 aliphatic heterocycles. The molecule has 0 atom stereocenters. The average Bonchev–Trinajstić information content (AvgIpc) is 2.43. The Balaban J connectivity index is 2.37. The molecule has 1 aromatic rings. The third kappa shape index (κ3) is 5.35. The Morgan fingerprint density at radius 1 is 1.16 bits per heavy atom. The molecule has 0 radical (unpaired) electrons. The van der Waals surface area contributed by atoms with E-state index in [9.17, 15) is 14.4 Å². The van der Waals surface area contributed by atoms with Crippen LogP contribution in [-0.4, -0.2) is 25.0 Å². The summed E-state index contributed by atoms with van der Waals surface area (Å²) in [4.78, 5) is 38.1. The fraction of sp³-hybridized carbons (Fsp3) is 0.0833. The molecule has 0 fully saturated rings. The first-order chi connectivity index (χ1) is 9.13. The van der Waals surface area contributed by atoms with Gasteiger partial charge in [0.15, 0.2) is 0 Å². The zero-order chi connectivity index (χ0) is 14.1. The lowest BCUT2D eigenvalue weighted by Crippen LogP contribution is -2.39. The number of carbonyl (C=O) groups excluding carboxylic acids is 3. The molecule has 0 unspecified atom stereocenters. The van der Waals surface area contributed by atoms with Crippen LogP contribution in [0.1, 0.15) is 10.4 Å². The quantitative estimate of drug-likeness (QED) is 0.477. The highest BCUT2D eigenvalue weighted by Crippen LogP contribution is 1.99. The van der Waals surface area contributed by atoms with Gasteiger partial charge in [0.05, 0.1) is 18.9 Å². The Morgan fingerprint density at radius 2 is 1.84 bits per heavy atom. The molecule has 2 N–H and O–H groups in total. The molecule has 0 saturated carbocycles. The van der Waals surface area contributed by atoms with E-state index in [1.807, 2.05) is 5.32 Å². The standard InChI is InChI=1S/C12H12N2O5/c1-18-8-7-10(15)13-12(17)14-19-11(16)9-5-3-2-4-6-9/h2-8H,1H3,(H2,13,14,15,17). The van der Waals surface area contributed by atoms with E-state index < -0.39 is 17.9 Å². The molecule has 0 spiro atoms. The second-order valence-electron chi connectivity index (χ2n) is 3.21. The summed E-state index contributed by atoms with van der Waals surface area (Å²) in [6.07, 6.45) is 2.09. The zero-order valence-electron chi connectivity index (χ0n) is 10.1. The molecule has 1 rings (SSSR count). The van der Waals surface area contributed by atoms with Crippen molar-refractivity contribution >= 4 is 17.9 Å². The lowest BCUT2D eigenvalue weighted by Gasteiger charge is -2.05. The van der Waals surface area contributed by atoms with Gasteiger partial charge in [0.25, 0.3) is 5.91 Å². The Hall–Kier alpha value is -2.83. The number of hydrogen-bond acceptors (Lipinski definition) is 5. The Morgan fingerprint density at radius 3 is 2.47 bits per heavy atom. The van der Waals surface area contributed by atoms with Gasteiger partial charge >= 0.3 is 12.0 Å². The molecule has 7 nitrogen and oxygen atoms in total. The summed E-state index contributed by atoms with van der Waals surface area (Å²) in [5, 5.41) is 1.89. The van der Waals surface area contributed by atoms with Crippen LogP contribution in [0.4, 0.5) is 4.79 Å². The normalized spacial score (nSPS) is 9.74. The zero-order valence-corrected chi connectivity index (χ0v) is 10.1. The van der Waals surface area contributed by atoms with E-state index in [4.69, 9.17) is 0 Å². The molecule has 100 valence electrons. The minimum Gasteiger partial charge on any atom is -0.504 e. The molecule has 7 heteroatoms. The number of rotatable bonds is 3. The topological polar surface area (TPSA) is 93.7 Å². The minimum absolute atomic E-state index is 0.272. The van der Waals surface area contributed by atoms with Crippen LogP contribution in [0.25, 0.3) is 0 Å². The molecule has 0 saturated heterocycles. The third-order valence-corrected chi connectivity index (χ3v) is 1.84. The molecule has 0 heterocycles. The van der Waals surface area contributed by atoms with Crippen LogP contribution >= 0.6 is 0 Å². The van der Waals surface area contributed by atoms with Crippen molar-refractivity contribution in [2.24, 2.45) is 0 Å². The molecule has 0 aliphatic rings. The van der Waals surface area contributed by atoms with Gasteiger partial charge in [0, 0.05) is 6.08 Å². The van der Waals surface area contributed by atoms with Gasteiger partial charge in [-0.2, -0.15) is 5.48 Å². The largest absolute Gasteiger partial charge is 0.504 e. The van der Waals surface area contributed by atoms with Crippen LogP contribution in [0, 0.1) is 0 Å². The highest BCUT2D eigenvalue weighted by atomic mass is 16.7. The summed E-state index contributed by atoms with van der Waals surface area (Å²) >= 11 is 0. The van der Waals surface area contributed by atoms with Gasteiger partial charge in [0.1, 0.15) is 0 Å². The van der Waals surface area contributed by atoms with E-state index >= 15 is 0 Å². The SMILES string of the molecule is COC=CC(=O)NC(=O)NOC(=O)c1ccccc1. The number of amides is 3. The highest BCUT2D eigenvalue weighted by Gasteiger charge is 2.10. The molecule has 0 bridgehead atoms. The van der Waals surface area contributed by atoms with Crippen molar-refractivity contribution in [1.29, 1.82) is 0 Å². The van der Waals surface area contributed by atoms with Gasteiger partial charge in [0.2, 0.25) is 0 Å². The smallest absolute Gasteiger partial charge is 0.363 e. The lowest BCUT2D eigenvalue weighted by molar-refractivity contribution is -0.115. The number of hydroxylamine groups is 1. The molecule has 1 aromatic carbocycles. The number of hydrogen-bond donors (Lipinski definition) is 2. The number of imide groups is 1. The Kier molecular flexibility index (Phi) is 5.61. The van der Waals surface area contributed by atoms with E-state index in [2.05, 4.69) is 9.57 Å². The van der Waals surface area contributed by atoms with Crippen LogP contribution in [0.5, 0.6) is 0 Å². The van der Waals surface area contributed by atoms with Crippen LogP contribution in [0.3, 0.4) is 0 Å². The number of carbonyl (C=O) groups is 3. The van der Waals surface area contributed by atoms with Crippen LogP contribution < -0.4 is 10.8 Å². The van der Waals surface area contributed by atoms with Crippen LogP contribution in [0.2, 0.25) is 0 Å². The van der Waals surface area contributed by atoms with Crippen molar-refractivity contribution < 1.29 is 24.0 Å². The van der Waals surface area contributed by atoms with Crippen molar-refractivity contribution in [3.05, 3.63) is 48.2 Å². The average molecular weight is 264 g/mol. The van der Waals surface area contributed by atoms with Gasteiger partial charge in [-0.05, 0) is 12.1 Å². The van der Waals surface area contributed by atoms with E-state index in [0.717, 1.165) is 12.3 Å². The summed E-state index contributed by atoms with van der Waals surface area (Å²) in [7, 11) is 1.35. The van der Waals surface area contributed by atoms with Crippen LogP contribution in [-0.2, 0) is 14.4 Å². The summed E-state index contributed by atoms with van der Waals surface area (Å²) in [5.74, 6) is -1.45. The van der Waals surface area contributed by atoms with Crippen molar-refractivity contribution in [3.8, 4) is 0 Å². The summed E-state index contributed by atoms with van der Waals surface area (Å²) in [5.41, 5.74) is 2.06. The maximum absolute atomic E-state index is 11.4. The van der Waals surface area contributed by atoms with E-state index in [1.165, 1.54) is 19.2 Å². The van der Waals surface area contributed by atoms with Crippen LogP contribution in [0.15, 0.2) is 42.7 Å². The maximum Gasteiger partial charge on any atom is 0.363 e. The highest BCUT2D eigenvalue weighted by molar-refractivity contribution is 6.00. The summed E-state index contributed by atoms with van der Waals surface area (Å²) < 4.78 is 4.49. The molecule has 0 aromatic heterocycles. The van der Waals surface area contributed by atoms with E-state index in [-0.39, 0.29) is 5.56 Å². The molecular weight excluding hydrogens is 252 g/mol. The molecule has 19 heavy (non-hydrogen) atoms. The van der Waals surface area contributed by atoms with Gasteiger partial charge in [-0.1, -0.05) is 18.2 Å². The first-order valence-corrected chi connectivity index (χ1v) is 5.20. The number of urea groups is 1. The fourth-order valence-corrected chi connectivity index (χ4v) is 1.03. The van der Waals surface area contributed by atoms with E-state index in [0.29, 0.717) is 0 Å². The third-order valence-electron chi connectivity index (χ3n) is 1.84. The number of methoxy groups -OCH3 is 1. The van der Waals surface area contributed by atoms with Gasteiger partial charge in [-0.3, -0.25) is 10.1 Å². The second kappa shape index (κ2) is 7.49. The molecule has 3 amide bonds. The lowest BCUT2D eigenvalue weighted by atomic mass is 10.2. The monoisotopic (exact) mass is 264 g/mol. The van der Waals surface area contributed by atoms with Crippen molar-refractivity contribution in [3.63, 3.8) is 0 Å². The molecule has 0 aliphatic carbocycles. The maximum atomic E-state index is 11.4. The predicted octanol–water partition coefficient (Wildman–Crippen LogP) is 0.744. The van der Waals surface area contributed by atoms with Gasteiger partial charge in [-0.25, -0.2) is 9.59 Å². The number of benzene rings is 1. The molecular formula is C12H12N2O5. The number of ether oxygens (including phenoxy) is 1.